The summed E-state index contributed by atoms with van der Waals surface area (Å²) >= 11 is 1.01. The van der Waals surface area contributed by atoms with E-state index < -0.39 is 11.9 Å². The number of nitrogen functional groups attached to an aromatic ring is 1. The molecule has 6 heteroatoms. The van der Waals surface area contributed by atoms with Gasteiger partial charge in [0.15, 0.2) is 0 Å². The van der Waals surface area contributed by atoms with E-state index in [1.165, 1.54) is 5.38 Å². The summed E-state index contributed by atoms with van der Waals surface area (Å²) in [5, 5.41) is 10.3. The Morgan fingerprint density at radius 1 is 1.64 bits per heavy atom. The molecule has 1 rings (SSSR count). The summed E-state index contributed by atoms with van der Waals surface area (Å²) in [5.41, 5.74) is 5.25. The van der Waals surface area contributed by atoms with Crippen LogP contribution in [0.4, 0.5) is 5.00 Å². The fraction of sp³-hybridized carbons (Fsp3) is 0.250. The van der Waals surface area contributed by atoms with Crippen LogP contribution in [0.2, 0.25) is 0 Å². The number of hydrogen-bond acceptors (Lipinski definition) is 5. The van der Waals surface area contributed by atoms with E-state index in [4.69, 9.17) is 10.8 Å². The first-order valence-corrected chi connectivity index (χ1v) is 4.73. The minimum absolute atomic E-state index is 0.0156. The molecular formula is C8H9NO4S. The molecule has 0 fully saturated rings. The van der Waals surface area contributed by atoms with Gasteiger partial charge in [0.2, 0.25) is 0 Å². The smallest absolute Gasteiger partial charge is 0.339 e. The van der Waals surface area contributed by atoms with Gasteiger partial charge in [-0.15, -0.1) is 11.3 Å². The number of anilines is 1. The second-order valence-electron chi connectivity index (χ2n) is 2.41. The molecule has 0 radical (unpaired) electrons. The van der Waals surface area contributed by atoms with Crippen LogP contribution >= 0.6 is 11.3 Å². The van der Waals surface area contributed by atoms with Crippen LogP contribution in [0.25, 0.3) is 0 Å². The molecule has 0 atom stereocenters. The van der Waals surface area contributed by atoms with Gasteiger partial charge in [-0.3, -0.25) is 0 Å². The number of carboxylic acid groups (broad SMARTS) is 1. The summed E-state index contributed by atoms with van der Waals surface area (Å²) in [6, 6.07) is 0. The molecule has 1 aromatic rings. The number of nitrogens with two attached hydrogens (primary N) is 1. The van der Waals surface area contributed by atoms with E-state index >= 15 is 0 Å². The summed E-state index contributed by atoms with van der Waals surface area (Å²) in [7, 11) is 0. The average molecular weight is 215 g/mol. The lowest BCUT2D eigenvalue weighted by atomic mass is 10.2. The SMILES string of the molecule is CCOC(=O)c1csc(N)c1C(=O)O. The van der Waals surface area contributed by atoms with Crippen molar-refractivity contribution in [1.82, 2.24) is 0 Å². The zero-order chi connectivity index (χ0) is 10.7. The van der Waals surface area contributed by atoms with Crippen molar-refractivity contribution in [2.24, 2.45) is 0 Å². The molecule has 0 saturated heterocycles. The molecule has 0 amide bonds. The molecular weight excluding hydrogens is 206 g/mol. The van der Waals surface area contributed by atoms with Crippen LogP contribution in [0.15, 0.2) is 5.38 Å². The summed E-state index contributed by atoms with van der Waals surface area (Å²) in [4.78, 5) is 22.0. The number of thiophene rings is 1. The van der Waals surface area contributed by atoms with Gasteiger partial charge < -0.3 is 15.6 Å². The predicted octanol–water partition coefficient (Wildman–Crippen LogP) is 1.21. The van der Waals surface area contributed by atoms with Gasteiger partial charge >= 0.3 is 11.9 Å². The molecule has 5 nitrogen and oxygen atoms in total. The van der Waals surface area contributed by atoms with Gasteiger partial charge in [0.25, 0.3) is 0 Å². The van der Waals surface area contributed by atoms with Crippen molar-refractivity contribution in [2.75, 3.05) is 12.3 Å². The average Bonchev–Trinajstić information content (AvgIpc) is 2.47. The highest BCUT2D eigenvalue weighted by Gasteiger charge is 2.22. The number of esters is 1. The number of carboxylic acids is 1. The molecule has 76 valence electrons. The van der Waals surface area contributed by atoms with Crippen LogP contribution in [0, 0.1) is 0 Å². The Bertz CT molecular complexity index is 371. The zero-order valence-corrected chi connectivity index (χ0v) is 8.26. The number of ether oxygens (including phenoxy) is 1. The monoisotopic (exact) mass is 215 g/mol. The van der Waals surface area contributed by atoms with E-state index in [0.29, 0.717) is 0 Å². The zero-order valence-electron chi connectivity index (χ0n) is 7.44. The van der Waals surface area contributed by atoms with Gasteiger partial charge in [-0.1, -0.05) is 0 Å². The fourth-order valence-corrected chi connectivity index (χ4v) is 1.73. The van der Waals surface area contributed by atoms with Crippen LogP contribution in [-0.4, -0.2) is 23.7 Å². The second-order valence-corrected chi connectivity index (χ2v) is 3.33. The predicted molar refractivity (Wildman–Crippen MR) is 51.6 cm³/mol. The molecule has 1 heterocycles. The quantitative estimate of drug-likeness (QED) is 0.739. The third-order valence-electron chi connectivity index (χ3n) is 1.53. The van der Waals surface area contributed by atoms with E-state index in [2.05, 4.69) is 4.74 Å². The highest BCUT2D eigenvalue weighted by molar-refractivity contribution is 7.14. The standard InChI is InChI=1S/C8H9NO4S/c1-2-13-8(12)4-3-14-6(9)5(4)7(10)11/h3H,2,9H2,1H3,(H,10,11). The molecule has 0 aliphatic heterocycles. The Balaban J connectivity index is 3.09. The van der Waals surface area contributed by atoms with Crippen molar-refractivity contribution in [3.63, 3.8) is 0 Å². The maximum Gasteiger partial charge on any atom is 0.339 e. The van der Waals surface area contributed by atoms with Crippen molar-refractivity contribution in [3.05, 3.63) is 16.5 Å². The van der Waals surface area contributed by atoms with Crippen molar-refractivity contribution in [2.45, 2.75) is 6.92 Å². The first kappa shape index (κ1) is 10.5. The Labute approximate surface area is 84.1 Å². The van der Waals surface area contributed by atoms with Crippen LogP contribution in [-0.2, 0) is 4.74 Å². The molecule has 0 aliphatic carbocycles. The molecule has 0 unspecified atom stereocenters. The van der Waals surface area contributed by atoms with Gasteiger partial charge in [-0.05, 0) is 6.92 Å². The lowest BCUT2D eigenvalue weighted by Gasteiger charge is -2.00. The first-order valence-electron chi connectivity index (χ1n) is 3.85. The second kappa shape index (κ2) is 4.10. The molecule has 0 spiro atoms. The van der Waals surface area contributed by atoms with Crippen LogP contribution in [0.1, 0.15) is 27.6 Å². The van der Waals surface area contributed by atoms with E-state index in [0.717, 1.165) is 11.3 Å². The van der Waals surface area contributed by atoms with Crippen LogP contribution < -0.4 is 5.73 Å². The number of carbonyl (C=O) groups excluding carboxylic acids is 1. The van der Waals surface area contributed by atoms with Crippen molar-refractivity contribution in [1.29, 1.82) is 0 Å². The van der Waals surface area contributed by atoms with Crippen LogP contribution in [0.5, 0.6) is 0 Å². The summed E-state index contributed by atoms with van der Waals surface area (Å²) in [6.45, 7) is 1.85. The van der Waals surface area contributed by atoms with E-state index in [1.54, 1.807) is 6.92 Å². The Morgan fingerprint density at radius 2 is 2.29 bits per heavy atom. The van der Waals surface area contributed by atoms with Gasteiger partial charge in [0.05, 0.1) is 12.2 Å². The highest BCUT2D eigenvalue weighted by atomic mass is 32.1. The van der Waals surface area contributed by atoms with Crippen molar-refractivity contribution >= 4 is 28.3 Å². The largest absolute Gasteiger partial charge is 0.478 e. The third-order valence-corrected chi connectivity index (χ3v) is 2.34. The Morgan fingerprint density at radius 3 is 2.79 bits per heavy atom. The topological polar surface area (TPSA) is 89.6 Å². The lowest BCUT2D eigenvalue weighted by Crippen LogP contribution is -2.10. The number of hydrogen-bond donors (Lipinski definition) is 2. The number of rotatable bonds is 3. The molecule has 3 N–H and O–H groups in total. The van der Waals surface area contributed by atoms with E-state index in [9.17, 15) is 9.59 Å². The number of carbonyl (C=O) groups is 2. The minimum atomic E-state index is -1.22. The maximum atomic E-state index is 11.2. The highest BCUT2D eigenvalue weighted by Crippen LogP contribution is 2.25. The fourth-order valence-electron chi connectivity index (χ4n) is 0.953. The minimum Gasteiger partial charge on any atom is -0.478 e. The summed E-state index contributed by atoms with van der Waals surface area (Å²) in [6.07, 6.45) is 0. The normalized spacial score (nSPS) is 9.79. The number of aromatic carboxylic acids is 1. The first-order chi connectivity index (χ1) is 6.57. The van der Waals surface area contributed by atoms with Crippen LogP contribution in [0.3, 0.4) is 0 Å². The van der Waals surface area contributed by atoms with Gasteiger partial charge in [-0.2, -0.15) is 0 Å². The van der Waals surface area contributed by atoms with E-state index in [1.807, 2.05) is 0 Å². The van der Waals surface area contributed by atoms with Crippen molar-refractivity contribution < 1.29 is 19.4 Å². The molecule has 1 aromatic heterocycles. The maximum absolute atomic E-state index is 11.2. The van der Waals surface area contributed by atoms with Gasteiger partial charge in [0.1, 0.15) is 10.6 Å². The molecule has 0 aromatic carbocycles. The third kappa shape index (κ3) is 1.85. The Kier molecular flexibility index (Phi) is 3.08. The summed E-state index contributed by atoms with van der Waals surface area (Å²) < 4.78 is 4.68. The molecule has 14 heavy (non-hydrogen) atoms. The lowest BCUT2D eigenvalue weighted by molar-refractivity contribution is 0.0515. The van der Waals surface area contributed by atoms with Gasteiger partial charge in [0, 0.05) is 5.38 Å². The summed E-state index contributed by atoms with van der Waals surface area (Å²) in [5.74, 6) is -1.87. The Hall–Kier alpha value is -1.56. The van der Waals surface area contributed by atoms with Gasteiger partial charge in [-0.25, -0.2) is 9.59 Å². The molecule has 0 aliphatic rings. The van der Waals surface area contributed by atoms with E-state index in [-0.39, 0.29) is 22.7 Å². The molecule has 0 saturated carbocycles. The van der Waals surface area contributed by atoms with Crippen molar-refractivity contribution in [3.8, 4) is 0 Å². The molecule has 0 bridgehead atoms.